The number of carbonyl (C=O) groups excluding carboxylic acids is 1. The molecule has 1 N–H and O–H groups in total. The van der Waals surface area contributed by atoms with Gasteiger partial charge in [-0.05, 0) is 25.0 Å². The van der Waals surface area contributed by atoms with Gasteiger partial charge in [-0.15, -0.1) is 10.2 Å². The molecule has 0 radical (unpaired) electrons. The van der Waals surface area contributed by atoms with Crippen molar-refractivity contribution in [3.05, 3.63) is 33.9 Å². The number of nitrogens with zero attached hydrogens (tertiary/aromatic N) is 5. The van der Waals surface area contributed by atoms with Crippen LogP contribution in [-0.4, -0.2) is 57.7 Å². The predicted molar refractivity (Wildman–Crippen MR) is 109 cm³/mol. The van der Waals surface area contributed by atoms with Crippen LogP contribution in [0.1, 0.15) is 24.4 Å². The summed E-state index contributed by atoms with van der Waals surface area (Å²) in [5.41, 5.74) is -2.29. The average Bonchev–Trinajstić information content (AvgIpc) is 3.51. The fourth-order valence-electron chi connectivity index (χ4n) is 3.28. The van der Waals surface area contributed by atoms with Gasteiger partial charge in [0, 0.05) is 25.2 Å². The molecule has 2 fully saturated rings. The number of hydrogen-bond donors (Lipinski definition) is 1. The third kappa shape index (κ3) is 4.96. The van der Waals surface area contributed by atoms with Crippen LogP contribution in [-0.2, 0) is 15.7 Å². The van der Waals surface area contributed by atoms with E-state index < -0.39 is 28.3 Å². The molecule has 4 rings (SSSR count). The number of thioether (sulfide) groups is 1. The standard InChI is InChI=1S/C18H19F3N6O4S/c19-18(20,21)11-1-4-13(14(9-11)27(29)30)22-15(28)10-32-17-24-23-16(26(17)12-2-3-12)25-5-7-31-8-6-25/h1,4,9,12H,2-3,5-8,10H2,(H,22,28). The van der Waals surface area contributed by atoms with Crippen LogP contribution in [0.5, 0.6) is 0 Å². The minimum atomic E-state index is -4.73. The highest BCUT2D eigenvalue weighted by Crippen LogP contribution is 2.41. The van der Waals surface area contributed by atoms with E-state index in [2.05, 4.69) is 20.4 Å². The first-order valence-electron chi connectivity index (χ1n) is 9.80. The van der Waals surface area contributed by atoms with E-state index in [1.807, 2.05) is 4.57 Å². The van der Waals surface area contributed by atoms with Crippen LogP contribution in [0.3, 0.4) is 0 Å². The molecule has 2 aliphatic rings. The van der Waals surface area contributed by atoms with Crippen molar-refractivity contribution in [1.29, 1.82) is 0 Å². The second-order valence-electron chi connectivity index (χ2n) is 7.31. The number of nitro benzene ring substituents is 1. The normalized spacial score (nSPS) is 16.8. The number of nitrogens with one attached hydrogen (secondary N) is 1. The number of ether oxygens (including phenoxy) is 1. The van der Waals surface area contributed by atoms with Crippen LogP contribution in [0, 0.1) is 10.1 Å². The molecular weight excluding hydrogens is 453 g/mol. The number of carbonyl (C=O) groups is 1. The third-order valence-corrected chi connectivity index (χ3v) is 5.92. The summed E-state index contributed by atoms with van der Waals surface area (Å²) in [6.45, 7) is 2.56. The molecule has 1 saturated carbocycles. The summed E-state index contributed by atoms with van der Waals surface area (Å²) in [4.78, 5) is 24.7. The molecule has 10 nitrogen and oxygen atoms in total. The summed E-state index contributed by atoms with van der Waals surface area (Å²) in [5.74, 6) is -0.0141. The van der Waals surface area contributed by atoms with Crippen molar-refractivity contribution in [2.45, 2.75) is 30.2 Å². The topological polar surface area (TPSA) is 115 Å². The Morgan fingerprint density at radius 1 is 1.28 bits per heavy atom. The lowest BCUT2D eigenvalue weighted by Crippen LogP contribution is -2.38. The highest BCUT2D eigenvalue weighted by Gasteiger charge is 2.34. The second kappa shape index (κ2) is 8.94. The van der Waals surface area contributed by atoms with E-state index in [1.54, 1.807) is 0 Å². The lowest BCUT2D eigenvalue weighted by molar-refractivity contribution is -0.384. The smallest absolute Gasteiger partial charge is 0.378 e. The fourth-order valence-corrected chi connectivity index (χ4v) is 4.08. The van der Waals surface area contributed by atoms with Gasteiger partial charge in [-0.2, -0.15) is 13.2 Å². The number of halogens is 3. The molecule has 172 valence electrons. The Labute approximate surface area is 184 Å². The molecule has 1 aliphatic heterocycles. The van der Waals surface area contributed by atoms with Gasteiger partial charge in [0.25, 0.3) is 5.69 Å². The van der Waals surface area contributed by atoms with E-state index in [-0.39, 0.29) is 17.5 Å². The van der Waals surface area contributed by atoms with Gasteiger partial charge in [-0.3, -0.25) is 19.5 Å². The number of aromatic nitrogens is 3. The Kier molecular flexibility index (Phi) is 6.24. The van der Waals surface area contributed by atoms with E-state index in [0.717, 1.165) is 36.6 Å². The largest absolute Gasteiger partial charge is 0.416 e. The maximum absolute atomic E-state index is 12.8. The van der Waals surface area contributed by atoms with Gasteiger partial charge in [0.05, 0.1) is 29.5 Å². The molecule has 0 bridgehead atoms. The maximum Gasteiger partial charge on any atom is 0.416 e. The molecule has 14 heteroatoms. The molecule has 2 aromatic rings. The van der Waals surface area contributed by atoms with E-state index in [4.69, 9.17) is 4.74 Å². The molecule has 2 heterocycles. The van der Waals surface area contributed by atoms with Gasteiger partial charge in [0.1, 0.15) is 5.69 Å². The first-order valence-corrected chi connectivity index (χ1v) is 10.8. The summed E-state index contributed by atoms with van der Waals surface area (Å²) >= 11 is 1.12. The molecule has 1 aliphatic carbocycles. The first-order chi connectivity index (χ1) is 15.2. The zero-order valence-corrected chi connectivity index (χ0v) is 17.5. The summed E-state index contributed by atoms with van der Waals surface area (Å²) in [6.07, 6.45) is -2.77. The zero-order chi connectivity index (χ0) is 22.9. The van der Waals surface area contributed by atoms with Crippen LogP contribution in [0.25, 0.3) is 0 Å². The molecule has 1 amide bonds. The Morgan fingerprint density at radius 3 is 2.62 bits per heavy atom. The van der Waals surface area contributed by atoms with Gasteiger partial charge in [-0.1, -0.05) is 11.8 Å². The summed E-state index contributed by atoms with van der Waals surface area (Å²) in [6, 6.07) is 2.23. The van der Waals surface area contributed by atoms with Crippen LogP contribution >= 0.6 is 11.8 Å². The third-order valence-electron chi connectivity index (χ3n) is 4.98. The van der Waals surface area contributed by atoms with Crippen LogP contribution in [0.15, 0.2) is 23.4 Å². The number of alkyl halides is 3. The highest BCUT2D eigenvalue weighted by atomic mass is 32.2. The van der Waals surface area contributed by atoms with Crippen LogP contribution in [0.2, 0.25) is 0 Å². The van der Waals surface area contributed by atoms with Gasteiger partial charge >= 0.3 is 6.18 Å². The molecular formula is C18H19F3N6O4S. The van der Waals surface area contributed by atoms with Crippen molar-refractivity contribution in [1.82, 2.24) is 14.8 Å². The minimum absolute atomic E-state index is 0.133. The molecule has 1 saturated heterocycles. The quantitative estimate of drug-likeness (QED) is 0.371. The average molecular weight is 472 g/mol. The number of morpholine rings is 1. The number of amides is 1. The van der Waals surface area contributed by atoms with Crippen molar-refractivity contribution in [2.24, 2.45) is 0 Å². The van der Waals surface area contributed by atoms with E-state index in [9.17, 15) is 28.1 Å². The summed E-state index contributed by atoms with van der Waals surface area (Å²) < 4.78 is 45.9. The van der Waals surface area contributed by atoms with Crippen LogP contribution < -0.4 is 10.2 Å². The van der Waals surface area contributed by atoms with Crippen molar-refractivity contribution < 1.29 is 27.6 Å². The van der Waals surface area contributed by atoms with Crippen molar-refractivity contribution in [2.75, 3.05) is 42.3 Å². The van der Waals surface area contributed by atoms with E-state index in [0.29, 0.717) is 43.6 Å². The summed E-state index contributed by atoms with van der Waals surface area (Å²) in [7, 11) is 0. The molecule has 32 heavy (non-hydrogen) atoms. The molecule has 0 unspecified atom stereocenters. The van der Waals surface area contributed by atoms with Gasteiger partial charge < -0.3 is 15.0 Å². The molecule has 0 atom stereocenters. The van der Waals surface area contributed by atoms with Gasteiger partial charge in [-0.25, -0.2) is 0 Å². The second-order valence-corrected chi connectivity index (χ2v) is 8.25. The van der Waals surface area contributed by atoms with Crippen LogP contribution in [0.4, 0.5) is 30.5 Å². The van der Waals surface area contributed by atoms with Crippen molar-refractivity contribution in [3.8, 4) is 0 Å². The lowest BCUT2D eigenvalue weighted by Gasteiger charge is -2.27. The fraction of sp³-hybridized carbons (Fsp3) is 0.500. The number of rotatable bonds is 7. The van der Waals surface area contributed by atoms with E-state index in [1.165, 1.54) is 0 Å². The molecule has 1 aromatic heterocycles. The van der Waals surface area contributed by atoms with Crippen molar-refractivity contribution in [3.63, 3.8) is 0 Å². The Hall–Kier alpha value is -2.87. The maximum atomic E-state index is 12.8. The molecule has 0 spiro atoms. The van der Waals surface area contributed by atoms with Crippen molar-refractivity contribution >= 4 is 35.0 Å². The van der Waals surface area contributed by atoms with Gasteiger partial charge in [0.15, 0.2) is 5.16 Å². The monoisotopic (exact) mass is 472 g/mol. The summed E-state index contributed by atoms with van der Waals surface area (Å²) in [5, 5.41) is 22.5. The SMILES string of the molecule is O=C(CSc1nnc(N2CCOCC2)n1C1CC1)Nc1ccc(C(F)(F)F)cc1[N+](=O)[O-]. The predicted octanol–water partition coefficient (Wildman–Crippen LogP) is 3.11. The zero-order valence-electron chi connectivity index (χ0n) is 16.7. The number of nitro groups is 1. The number of benzene rings is 1. The molecule has 1 aromatic carbocycles. The lowest BCUT2D eigenvalue weighted by atomic mass is 10.1. The van der Waals surface area contributed by atoms with E-state index >= 15 is 0 Å². The van der Waals surface area contributed by atoms with Gasteiger partial charge in [0.2, 0.25) is 11.9 Å². The minimum Gasteiger partial charge on any atom is -0.378 e. The highest BCUT2D eigenvalue weighted by molar-refractivity contribution is 7.99. The number of hydrogen-bond acceptors (Lipinski definition) is 8. The Bertz CT molecular complexity index is 1020. The first kappa shape index (κ1) is 22.3. The Morgan fingerprint density at radius 2 is 2.00 bits per heavy atom. The number of anilines is 2. The Balaban J connectivity index is 1.45.